The van der Waals surface area contributed by atoms with Crippen molar-refractivity contribution in [1.29, 1.82) is 0 Å². The Morgan fingerprint density at radius 2 is 2.12 bits per heavy atom. The van der Waals surface area contributed by atoms with Crippen LogP contribution >= 0.6 is 0 Å². The fourth-order valence-corrected chi connectivity index (χ4v) is 1.96. The first kappa shape index (κ1) is 11.7. The number of nitrogens with one attached hydrogen (secondary N) is 1. The van der Waals surface area contributed by atoms with E-state index in [4.69, 9.17) is 5.73 Å². The topological polar surface area (TPSA) is 50.9 Å². The summed E-state index contributed by atoms with van der Waals surface area (Å²) in [4.78, 5) is 4.36. The fourth-order valence-electron chi connectivity index (χ4n) is 1.96. The minimum Gasteiger partial charge on any atom is -0.396 e. The normalized spacial score (nSPS) is 11.1. The lowest BCUT2D eigenvalue weighted by molar-refractivity contribution is 0.868. The van der Waals surface area contributed by atoms with Crippen molar-refractivity contribution >= 4 is 22.3 Å². The maximum absolute atomic E-state index is 5.97. The molecular weight excluding hydrogens is 210 g/mol. The van der Waals surface area contributed by atoms with Gasteiger partial charge in [-0.25, -0.2) is 0 Å². The molecule has 17 heavy (non-hydrogen) atoms. The third kappa shape index (κ3) is 2.18. The van der Waals surface area contributed by atoms with Crippen LogP contribution in [0.4, 0.5) is 11.4 Å². The summed E-state index contributed by atoms with van der Waals surface area (Å²) in [5.74, 6) is 0.510. The van der Waals surface area contributed by atoms with Crippen molar-refractivity contribution in [3.63, 3.8) is 0 Å². The van der Waals surface area contributed by atoms with Gasteiger partial charge >= 0.3 is 0 Å². The quantitative estimate of drug-likeness (QED) is 0.848. The molecule has 2 rings (SSSR count). The number of pyridine rings is 1. The summed E-state index contributed by atoms with van der Waals surface area (Å²) in [6.45, 7) is 7.30. The minimum absolute atomic E-state index is 0.510. The molecule has 90 valence electrons. The molecule has 0 radical (unpaired) electrons. The van der Waals surface area contributed by atoms with E-state index in [1.54, 1.807) is 6.20 Å². The number of nitrogens with zero attached hydrogens (tertiary/aromatic N) is 1. The third-order valence-electron chi connectivity index (χ3n) is 2.94. The van der Waals surface area contributed by atoms with Gasteiger partial charge in [0, 0.05) is 11.9 Å². The number of fused-ring (bicyclic) bond motifs is 1. The number of hydrogen-bond donors (Lipinski definition) is 2. The van der Waals surface area contributed by atoms with E-state index in [-0.39, 0.29) is 0 Å². The lowest BCUT2D eigenvalue weighted by Crippen LogP contribution is -2.03. The number of nitrogens with two attached hydrogens (primary N) is 1. The fraction of sp³-hybridized carbons (Fsp3) is 0.357. The largest absolute Gasteiger partial charge is 0.396 e. The van der Waals surface area contributed by atoms with Crippen molar-refractivity contribution in [1.82, 2.24) is 4.98 Å². The van der Waals surface area contributed by atoms with Crippen molar-refractivity contribution in [3.05, 3.63) is 30.0 Å². The van der Waals surface area contributed by atoms with Crippen molar-refractivity contribution in [2.75, 3.05) is 17.6 Å². The zero-order chi connectivity index (χ0) is 12.4. The first-order chi connectivity index (χ1) is 8.13. The maximum atomic E-state index is 5.97. The van der Waals surface area contributed by atoms with E-state index < -0.39 is 0 Å². The second kappa shape index (κ2) is 4.62. The Morgan fingerprint density at radius 3 is 2.76 bits per heavy atom. The molecule has 3 heteroatoms. The first-order valence-electron chi connectivity index (χ1n) is 6.05. The monoisotopic (exact) mass is 229 g/mol. The highest BCUT2D eigenvalue weighted by Crippen LogP contribution is 2.30. The maximum Gasteiger partial charge on any atom is 0.0743 e. The van der Waals surface area contributed by atoms with Crippen LogP contribution in [-0.4, -0.2) is 11.5 Å². The van der Waals surface area contributed by atoms with Crippen molar-refractivity contribution in [2.24, 2.45) is 0 Å². The zero-order valence-corrected chi connectivity index (χ0v) is 10.6. The molecule has 0 spiro atoms. The Bertz CT molecular complexity index is 532. The van der Waals surface area contributed by atoms with Crippen LogP contribution in [0.2, 0.25) is 0 Å². The summed E-state index contributed by atoms with van der Waals surface area (Å²) >= 11 is 0. The average Bonchev–Trinajstić information content (AvgIpc) is 2.32. The molecule has 3 N–H and O–H groups in total. The third-order valence-corrected chi connectivity index (χ3v) is 2.94. The van der Waals surface area contributed by atoms with Gasteiger partial charge in [-0.3, -0.25) is 4.98 Å². The smallest absolute Gasteiger partial charge is 0.0743 e. The van der Waals surface area contributed by atoms with Crippen LogP contribution < -0.4 is 11.1 Å². The number of rotatable bonds is 3. The molecule has 1 aromatic heterocycles. The standard InChI is InChI=1S/C14H19N3/c1-4-16-14-11-7-10(9(2)3)5-6-13(11)17-8-12(14)15/h5-9H,4,15H2,1-3H3,(H,16,17). The highest BCUT2D eigenvalue weighted by atomic mass is 14.9. The molecule has 0 atom stereocenters. The minimum atomic E-state index is 0.510. The molecule has 0 unspecified atom stereocenters. The summed E-state index contributed by atoms with van der Waals surface area (Å²) in [5, 5.41) is 4.43. The molecule has 0 saturated heterocycles. The van der Waals surface area contributed by atoms with Crippen LogP contribution in [0.1, 0.15) is 32.3 Å². The van der Waals surface area contributed by atoms with Gasteiger partial charge in [0.05, 0.1) is 23.1 Å². The zero-order valence-electron chi connectivity index (χ0n) is 10.6. The van der Waals surface area contributed by atoms with Crippen LogP contribution in [0.25, 0.3) is 10.9 Å². The lowest BCUT2D eigenvalue weighted by atomic mass is 10.0. The van der Waals surface area contributed by atoms with Gasteiger partial charge in [-0.15, -0.1) is 0 Å². The number of hydrogen-bond acceptors (Lipinski definition) is 3. The van der Waals surface area contributed by atoms with Gasteiger partial charge in [0.25, 0.3) is 0 Å². The molecule has 1 aromatic carbocycles. The molecule has 1 heterocycles. The Balaban J connectivity index is 2.67. The van der Waals surface area contributed by atoms with E-state index >= 15 is 0 Å². The van der Waals surface area contributed by atoms with Crippen LogP contribution in [0, 0.1) is 0 Å². The Labute approximate surface area is 102 Å². The predicted octanol–water partition coefficient (Wildman–Crippen LogP) is 3.37. The van der Waals surface area contributed by atoms with E-state index in [0.717, 1.165) is 23.1 Å². The average molecular weight is 229 g/mol. The molecular formula is C14H19N3. The summed E-state index contributed by atoms with van der Waals surface area (Å²) in [5.41, 5.74) is 9.98. The predicted molar refractivity (Wildman–Crippen MR) is 74.4 cm³/mol. The number of aromatic nitrogens is 1. The molecule has 3 nitrogen and oxygen atoms in total. The molecule has 0 amide bonds. The second-order valence-electron chi connectivity index (χ2n) is 4.55. The van der Waals surface area contributed by atoms with Crippen molar-refractivity contribution in [2.45, 2.75) is 26.7 Å². The van der Waals surface area contributed by atoms with Crippen LogP contribution in [-0.2, 0) is 0 Å². The Hall–Kier alpha value is -1.77. The molecule has 0 fully saturated rings. The highest BCUT2D eigenvalue weighted by molar-refractivity contribution is 5.97. The van der Waals surface area contributed by atoms with Gasteiger partial charge in [0.2, 0.25) is 0 Å². The summed E-state index contributed by atoms with van der Waals surface area (Å²) in [6.07, 6.45) is 1.72. The van der Waals surface area contributed by atoms with Gasteiger partial charge < -0.3 is 11.1 Å². The van der Waals surface area contributed by atoms with E-state index in [2.05, 4.69) is 49.3 Å². The summed E-state index contributed by atoms with van der Waals surface area (Å²) in [7, 11) is 0. The highest BCUT2D eigenvalue weighted by Gasteiger charge is 2.08. The molecule has 0 aliphatic heterocycles. The number of anilines is 2. The van der Waals surface area contributed by atoms with Crippen molar-refractivity contribution < 1.29 is 0 Å². The van der Waals surface area contributed by atoms with Gasteiger partial charge in [-0.05, 0) is 30.5 Å². The van der Waals surface area contributed by atoms with E-state index in [1.165, 1.54) is 5.56 Å². The Morgan fingerprint density at radius 1 is 1.35 bits per heavy atom. The van der Waals surface area contributed by atoms with Crippen LogP contribution in [0.5, 0.6) is 0 Å². The van der Waals surface area contributed by atoms with Crippen LogP contribution in [0.3, 0.4) is 0 Å². The molecule has 0 aliphatic rings. The van der Waals surface area contributed by atoms with E-state index in [1.807, 2.05) is 0 Å². The van der Waals surface area contributed by atoms with Crippen LogP contribution in [0.15, 0.2) is 24.4 Å². The van der Waals surface area contributed by atoms with Gasteiger partial charge in [-0.1, -0.05) is 19.9 Å². The molecule has 0 saturated carbocycles. The lowest BCUT2D eigenvalue weighted by Gasteiger charge is -2.13. The molecule has 0 aliphatic carbocycles. The first-order valence-corrected chi connectivity index (χ1v) is 6.05. The second-order valence-corrected chi connectivity index (χ2v) is 4.55. The summed E-state index contributed by atoms with van der Waals surface area (Å²) in [6, 6.07) is 6.37. The van der Waals surface area contributed by atoms with E-state index in [9.17, 15) is 0 Å². The SMILES string of the molecule is CCNc1c(N)cnc2ccc(C(C)C)cc12. The Kier molecular flexibility index (Phi) is 3.18. The summed E-state index contributed by atoms with van der Waals surface area (Å²) < 4.78 is 0. The van der Waals surface area contributed by atoms with Gasteiger partial charge in [-0.2, -0.15) is 0 Å². The van der Waals surface area contributed by atoms with Gasteiger partial charge in [0.1, 0.15) is 0 Å². The van der Waals surface area contributed by atoms with E-state index in [0.29, 0.717) is 11.6 Å². The molecule has 0 bridgehead atoms. The number of nitrogen functional groups attached to an aromatic ring is 1. The van der Waals surface area contributed by atoms with Gasteiger partial charge in [0.15, 0.2) is 0 Å². The number of benzene rings is 1. The molecule has 2 aromatic rings. The van der Waals surface area contributed by atoms with Crippen molar-refractivity contribution in [3.8, 4) is 0 Å².